The first-order valence-corrected chi connectivity index (χ1v) is 7.03. The second-order valence-corrected chi connectivity index (χ2v) is 5.92. The summed E-state index contributed by atoms with van der Waals surface area (Å²) < 4.78 is 0. The van der Waals surface area contributed by atoms with Crippen LogP contribution in [0.15, 0.2) is 24.3 Å². The smallest absolute Gasteiger partial charge is 0.315 e. The first kappa shape index (κ1) is 17.0. The third-order valence-electron chi connectivity index (χ3n) is 3.40. The number of benzene rings is 1. The van der Waals surface area contributed by atoms with Gasteiger partial charge in [0.15, 0.2) is 0 Å². The number of nitrogens with one attached hydrogen (secondary N) is 2. The number of nitriles is 1. The maximum atomic E-state index is 11.9. The maximum Gasteiger partial charge on any atom is 0.315 e. The zero-order valence-corrected chi connectivity index (χ0v) is 12.8. The Morgan fingerprint density at radius 1 is 1.38 bits per heavy atom. The van der Waals surface area contributed by atoms with Gasteiger partial charge in [0.2, 0.25) is 0 Å². The summed E-state index contributed by atoms with van der Waals surface area (Å²) in [7, 11) is 0. The van der Waals surface area contributed by atoms with Gasteiger partial charge in [-0.25, -0.2) is 4.79 Å². The molecule has 0 saturated heterocycles. The fraction of sp³-hybridized carbons (Fsp3) is 0.500. The van der Waals surface area contributed by atoms with Crippen molar-refractivity contribution in [1.82, 2.24) is 10.6 Å². The second-order valence-electron chi connectivity index (χ2n) is 5.92. The number of urea groups is 1. The predicted octanol–water partition coefficient (Wildman–Crippen LogP) is 2.33. The Labute approximate surface area is 126 Å². The molecule has 0 bridgehead atoms. The minimum atomic E-state index is -0.238. The first-order valence-electron chi connectivity index (χ1n) is 7.03. The number of hydrogen-bond acceptors (Lipinski definition) is 3. The van der Waals surface area contributed by atoms with Crippen LogP contribution in [0.25, 0.3) is 0 Å². The van der Waals surface area contributed by atoms with Crippen molar-refractivity contribution < 1.29 is 9.90 Å². The number of nitrogens with zero attached hydrogens (tertiary/aromatic N) is 1. The molecule has 0 aliphatic rings. The van der Waals surface area contributed by atoms with Crippen molar-refractivity contribution in [2.45, 2.75) is 33.2 Å². The molecule has 114 valence electrons. The molecule has 0 spiro atoms. The van der Waals surface area contributed by atoms with Crippen molar-refractivity contribution in [3.63, 3.8) is 0 Å². The summed E-state index contributed by atoms with van der Waals surface area (Å²) in [5.74, 6) is 0. The van der Waals surface area contributed by atoms with E-state index >= 15 is 0 Å². The Bertz CT molecular complexity index is 503. The minimum Gasteiger partial charge on any atom is -0.396 e. The summed E-state index contributed by atoms with van der Waals surface area (Å²) in [5.41, 5.74) is 1.41. The summed E-state index contributed by atoms with van der Waals surface area (Å²) >= 11 is 0. The average molecular weight is 289 g/mol. The Hall–Kier alpha value is -2.06. The van der Waals surface area contributed by atoms with E-state index in [9.17, 15) is 4.79 Å². The normalized spacial score (nSPS) is 12.3. The van der Waals surface area contributed by atoms with Crippen LogP contribution in [-0.4, -0.2) is 24.3 Å². The summed E-state index contributed by atoms with van der Waals surface area (Å²) in [4.78, 5) is 11.9. The third kappa shape index (κ3) is 5.84. The van der Waals surface area contributed by atoms with Gasteiger partial charge in [-0.15, -0.1) is 0 Å². The van der Waals surface area contributed by atoms with Crippen LogP contribution in [0.1, 0.15) is 44.4 Å². The predicted molar refractivity (Wildman–Crippen MR) is 81.6 cm³/mol. The van der Waals surface area contributed by atoms with Crippen molar-refractivity contribution in [2.75, 3.05) is 13.2 Å². The standard InChI is InChI=1S/C16H23N3O2/c1-12(14-6-4-13(10-17)5-7-14)19-15(21)18-11-16(2,3)8-9-20/h4-7,12,20H,8-9,11H2,1-3H3,(H2,18,19,21). The highest BCUT2D eigenvalue weighted by Gasteiger charge is 2.18. The number of aliphatic hydroxyl groups excluding tert-OH is 1. The van der Waals surface area contributed by atoms with Gasteiger partial charge in [-0.05, 0) is 36.5 Å². The number of hydrogen-bond donors (Lipinski definition) is 3. The van der Waals surface area contributed by atoms with E-state index in [-0.39, 0.29) is 24.1 Å². The van der Waals surface area contributed by atoms with Gasteiger partial charge < -0.3 is 15.7 Å². The molecular formula is C16H23N3O2. The molecule has 0 fully saturated rings. The van der Waals surface area contributed by atoms with Crippen molar-refractivity contribution in [3.05, 3.63) is 35.4 Å². The van der Waals surface area contributed by atoms with E-state index in [0.717, 1.165) is 5.56 Å². The van der Waals surface area contributed by atoms with Crippen LogP contribution >= 0.6 is 0 Å². The molecule has 2 amide bonds. The lowest BCUT2D eigenvalue weighted by atomic mass is 9.90. The molecule has 1 unspecified atom stereocenters. The van der Waals surface area contributed by atoms with E-state index in [1.807, 2.05) is 32.9 Å². The number of aliphatic hydroxyl groups is 1. The molecule has 0 heterocycles. The molecule has 0 radical (unpaired) electrons. The molecular weight excluding hydrogens is 266 g/mol. The molecule has 1 rings (SSSR count). The van der Waals surface area contributed by atoms with Crippen molar-refractivity contribution in [1.29, 1.82) is 5.26 Å². The number of carbonyl (C=O) groups is 1. The topological polar surface area (TPSA) is 85.2 Å². The lowest BCUT2D eigenvalue weighted by Gasteiger charge is -2.24. The maximum absolute atomic E-state index is 11.9. The molecule has 0 aliphatic carbocycles. The van der Waals surface area contributed by atoms with Crippen molar-refractivity contribution in [2.24, 2.45) is 5.41 Å². The summed E-state index contributed by atoms with van der Waals surface area (Å²) in [6.07, 6.45) is 0.637. The fourth-order valence-corrected chi connectivity index (χ4v) is 1.89. The Balaban J connectivity index is 2.48. The van der Waals surface area contributed by atoms with Crippen LogP contribution in [0.3, 0.4) is 0 Å². The highest BCUT2D eigenvalue weighted by atomic mass is 16.3. The van der Waals surface area contributed by atoms with Crippen LogP contribution in [-0.2, 0) is 0 Å². The number of amides is 2. The first-order chi connectivity index (χ1) is 9.88. The van der Waals surface area contributed by atoms with E-state index < -0.39 is 0 Å². The molecule has 0 saturated carbocycles. The molecule has 0 aliphatic heterocycles. The van der Waals surface area contributed by atoms with Gasteiger partial charge in [0, 0.05) is 13.2 Å². The van der Waals surface area contributed by atoms with E-state index in [2.05, 4.69) is 16.7 Å². The third-order valence-corrected chi connectivity index (χ3v) is 3.40. The zero-order chi connectivity index (χ0) is 15.9. The highest BCUT2D eigenvalue weighted by molar-refractivity contribution is 5.74. The van der Waals surface area contributed by atoms with E-state index in [4.69, 9.17) is 10.4 Å². The van der Waals surface area contributed by atoms with Crippen LogP contribution in [0, 0.1) is 16.7 Å². The quantitative estimate of drug-likeness (QED) is 0.751. The zero-order valence-electron chi connectivity index (χ0n) is 12.8. The number of carbonyl (C=O) groups excluding carboxylic acids is 1. The van der Waals surface area contributed by atoms with Gasteiger partial charge in [0.05, 0.1) is 17.7 Å². The van der Waals surface area contributed by atoms with Gasteiger partial charge >= 0.3 is 6.03 Å². The highest BCUT2D eigenvalue weighted by Crippen LogP contribution is 2.18. The van der Waals surface area contributed by atoms with Crippen LogP contribution in [0.4, 0.5) is 4.79 Å². The van der Waals surface area contributed by atoms with Crippen LogP contribution in [0.2, 0.25) is 0 Å². The molecule has 1 aromatic rings. The Morgan fingerprint density at radius 3 is 2.52 bits per heavy atom. The molecule has 5 nitrogen and oxygen atoms in total. The van der Waals surface area contributed by atoms with Crippen LogP contribution in [0.5, 0.6) is 0 Å². The summed E-state index contributed by atoms with van der Waals surface area (Å²) in [5, 5.41) is 23.4. The minimum absolute atomic E-state index is 0.109. The second kappa shape index (κ2) is 7.65. The largest absolute Gasteiger partial charge is 0.396 e. The fourth-order valence-electron chi connectivity index (χ4n) is 1.89. The molecule has 5 heteroatoms. The average Bonchev–Trinajstić information content (AvgIpc) is 2.45. The number of rotatable bonds is 6. The van der Waals surface area contributed by atoms with E-state index in [0.29, 0.717) is 18.5 Å². The van der Waals surface area contributed by atoms with Gasteiger partial charge in [-0.3, -0.25) is 0 Å². The monoisotopic (exact) mass is 289 g/mol. The molecule has 1 atom stereocenters. The SMILES string of the molecule is CC(NC(=O)NCC(C)(C)CCO)c1ccc(C#N)cc1. The van der Waals surface area contributed by atoms with Crippen LogP contribution < -0.4 is 10.6 Å². The lowest BCUT2D eigenvalue weighted by Crippen LogP contribution is -2.41. The molecule has 3 N–H and O–H groups in total. The molecule has 0 aromatic heterocycles. The van der Waals surface area contributed by atoms with Gasteiger partial charge in [0.25, 0.3) is 0 Å². The molecule has 21 heavy (non-hydrogen) atoms. The van der Waals surface area contributed by atoms with Crippen molar-refractivity contribution >= 4 is 6.03 Å². The summed E-state index contributed by atoms with van der Waals surface area (Å²) in [6.45, 7) is 6.48. The summed E-state index contributed by atoms with van der Waals surface area (Å²) in [6, 6.07) is 8.81. The van der Waals surface area contributed by atoms with Gasteiger partial charge in [-0.1, -0.05) is 26.0 Å². The molecule has 1 aromatic carbocycles. The van der Waals surface area contributed by atoms with Gasteiger partial charge in [-0.2, -0.15) is 5.26 Å². The Kier molecular flexibility index (Phi) is 6.19. The Morgan fingerprint density at radius 2 is 2.00 bits per heavy atom. The van der Waals surface area contributed by atoms with E-state index in [1.54, 1.807) is 12.1 Å². The lowest BCUT2D eigenvalue weighted by molar-refractivity contribution is 0.200. The van der Waals surface area contributed by atoms with Gasteiger partial charge in [0.1, 0.15) is 0 Å². The van der Waals surface area contributed by atoms with Crippen molar-refractivity contribution in [3.8, 4) is 6.07 Å². The van der Waals surface area contributed by atoms with E-state index in [1.165, 1.54) is 0 Å².